The standard InChI is InChI=1S/C17H22N2O2/c1-12(2)10-16(17(20)21-3)18-11-14-9-8-13-6-4-5-7-15(13)19-14/h4-9,12,16,18H,10-11H2,1-3H3. The maximum Gasteiger partial charge on any atom is 0.322 e. The summed E-state index contributed by atoms with van der Waals surface area (Å²) >= 11 is 0. The second-order valence-corrected chi connectivity index (χ2v) is 5.58. The fourth-order valence-electron chi connectivity index (χ4n) is 2.31. The van der Waals surface area contributed by atoms with E-state index in [2.05, 4.69) is 30.2 Å². The molecule has 1 heterocycles. The van der Waals surface area contributed by atoms with Crippen molar-refractivity contribution in [1.29, 1.82) is 0 Å². The summed E-state index contributed by atoms with van der Waals surface area (Å²) in [4.78, 5) is 16.4. The number of carbonyl (C=O) groups is 1. The van der Waals surface area contributed by atoms with Crippen molar-refractivity contribution in [2.24, 2.45) is 5.92 Å². The lowest BCUT2D eigenvalue weighted by atomic mass is 10.0. The Morgan fingerprint density at radius 2 is 2.00 bits per heavy atom. The molecule has 2 aromatic rings. The van der Waals surface area contributed by atoms with Crippen molar-refractivity contribution in [1.82, 2.24) is 10.3 Å². The summed E-state index contributed by atoms with van der Waals surface area (Å²) in [6, 6.07) is 11.7. The predicted molar refractivity (Wildman–Crippen MR) is 83.8 cm³/mol. The van der Waals surface area contributed by atoms with Crippen molar-refractivity contribution in [3.63, 3.8) is 0 Å². The van der Waals surface area contributed by atoms with Gasteiger partial charge in [0.2, 0.25) is 0 Å². The van der Waals surface area contributed by atoms with E-state index >= 15 is 0 Å². The fraction of sp³-hybridized carbons (Fsp3) is 0.412. The quantitative estimate of drug-likeness (QED) is 0.830. The van der Waals surface area contributed by atoms with Gasteiger partial charge in [-0.05, 0) is 24.5 Å². The van der Waals surface area contributed by atoms with E-state index in [1.54, 1.807) is 0 Å². The number of nitrogens with zero attached hydrogens (tertiary/aromatic N) is 1. The van der Waals surface area contributed by atoms with E-state index in [1.807, 2.05) is 30.3 Å². The highest BCUT2D eigenvalue weighted by Crippen LogP contribution is 2.12. The molecule has 1 aromatic carbocycles. The van der Waals surface area contributed by atoms with Crippen molar-refractivity contribution < 1.29 is 9.53 Å². The zero-order chi connectivity index (χ0) is 15.2. The molecular formula is C17H22N2O2. The molecule has 4 nitrogen and oxygen atoms in total. The summed E-state index contributed by atoms with van der Waals surface area (Å²) in [5.41, 5.74) is 1.89. The molecule has 4 heteroatoms. The Balaban J connectivity index is 2.06. The maximum absolute atomic E-state index is 11.8. The first-order valence-corrected chi connectivity index (χ1v) is 7.26. The number of rotatable bonds is 6. The van der Waals surface area contributed by atoms with E-state index < -0.39 is 0 Å². The van der Waals surface area contributed by atoms with Gasteiger partial charge in [0, 0.05) is 11.9 Å². The van der Waals surface area contributed by atoms with Gasteiger partial charge in [0.05, 0.1) is 18.3 Å². The Morgan fingerprint density at radius 3 is 2.71 bits per heavy atom. The lowest BCUT2D eigenvalue weighted by Crippen LogP contribution is -2.38. The minimum absolute atomic E-state index is 0.218. The summed E-state index contributed by atoms with van der Waals surface area (Å²) < 4.78 is 4.85. The summed E-state index contributed by atoms with van der Waals surface area (Å²) in [6.07, 6.45) is 0.750. The highest BCUT2D eigenvalue weighted by atomic mass is 16.5. The highest BCUT2D eigenvalue weighted by Gasteiger charge is 2.19. The molecule has 0 spiro atoms. The molecule has 1 unspecified atom stereocenters. The lowest BCUT2D eigenvalue weighted by molar-refractivity contribution is -0.143. The number of esters is 1. The van der Waals surface area contributed by atoms with Crippen LogP contribution in [-0.4, -0.2) is 24.1 Å². The van der Waals surface area contributed by atoms with Crippen LogP contribution in [0.4, 0.5) is 0 Å². The lowest BCUT2D eigenvalue weighted by Gasteiger charge is -2.18. The van der Waals surface area contributed by atoms with Gasteiger partial charge in [0.1, 0.15) is 6.04 Å². The van der Waals surface area contributed by atoms with E-state index in [0.717, 1.165) is 23.0 Å². The first kappa shape index (κ1) is 15.4. The number of benzene rings is 1. The second-order valence-electron chi connectivity index (χ2n) is 5.58. The highest BCUT2D eigenvalue weighted by molar-refractivity contribution is 5.78. The average Bonchev–Trinajstić information content (AvgIpc) is 2.50. The Labute approximate surface area is 125 Å². The van der Waals surface area contributed by atoms with Gasteiger partial charge in [-0.25, -0.2) is 0 Å². The number of pyridine rings is 1. The molecule has 1 N–H and O–H groups in total. The van der Waals surface area contributed by atoms with Gasteiger partial charge in [0.15, 0.2) is 0 Å². The number of ether oxygens (including phenoxy) is 1. The molecule has 0 aliphatic heterocycles. The van der Waals surface area contributed by atoms with Crippen LogP contribution in [0.5, 0.6) is 0 Å². The van der Waals surface area contributed by atoms with Crippen LogP contribution in [0, 0.1) is 5.92 Å². The number of fused-ring (bicyclic) bond motifs is 1. The first-order valence-electron chi connectivity index (χ1n) is 7.26. The molecule has 1 aromatic heterocycles. The zero-order valence-electron chi connectivity index (χ0n) is 12.8. The Hall–Kier alpha value is -1.94. The maximum atomic E-state index is 11.8. The van der Waals surface area contributed by atoms with Gasteiger partial charge in [-0.3, -0.25) is 15.1 Å². The molecule has 0 bridgehead atoms. The molecule has 0 radical (unpaired) electrons. The van der Waals surface area contributed by atoms with Gasteiger partial charge in [-0.1, -0.05) is 38.1 Å². The molecule has 0 aliphatic carbocycles. The SMILES string of the molecule is COC(=O)C(CC(C)C)NCc1ccc2ccccc2n1. The summed E-state index contributed by atoms with van der Waals surface area (Å²) in [6.45, 7) is 4.73. The van der Waals surface area contributed by atoms with Crippen molar-refractivity contribution in [3.05, 3.63) is 42.1 Å². The minimum Gasteiger partial charge on any atom is -0.468 e. The number of para-hydroxylation sites is 1. The third kappa shape index (κ3) is 4.26. The smallest absolute Gasteiger partial charge is 0.322 e. The Morgan fingerprint density at radius 1 is 1.24 bits per heavy atom. The van der Waals surface area contributed by atoms with E-state index in [4.69, 9.17) is 4.74 Å². The topological polar surface area (TPSA) is 51.2 Å². The van der Waals surface area contributed by atoms with E-state index in [1.165, 1.54) is 7.11 Å². The van der Waals surface area contributed by atoms with Crippen LogP contribution < -0.4 is 5.32 Å². The van der Waals surface area contributed by atoms with Crippen LogP contribution in [0.15, 0.2) is 36.4 Å². The molecule has 1 atom stereocenters. The van der Waals surface area contributed by atoms with Crippen molar-refractivity contribution in [2.45, 2.75) is 32.9 Å². The van der Waals surface area contributed by atoms with Crippen LogP contribution >= 0.6 is 0 Å². The van der Waals surface area contributed by atoms with Crippen molar-refractivity contribution in [2.75, 3.05) is 7.11 Å². The fourth-order valence-corrected chi connectivity index (χ4v) is 2.31. The largest absolute Gasteiger partial charge is 0.468 e. The number of hydrogen-bond acceptors (Lipinski definition) is 4. The average molecular weight is 286 g/mol. The molecule has 2 rings (SSSR count). The van der Waals surface area contributed by atoms with Gasteiger partial charge in [0.25, 0.3) is 0 Å². The summed E-state index contributed by atoms with van der Waals surface area (Å²) in [7, 11) is 1.42. The normalized spacial score (nSPS) is 12.6. The van der Waals surface area contributed by atoms with Crippen LogP contribution in [0.3, 0.4) is 0 Å². The third-order valence-electron chi connectivity index (χ3n) is 3.38. The molecule has 0 fully saturated rings. The Kier molecular flexibility index (Phi) is 5.28. The first-order chi connectivity index (χ1) is 10.1. The van der Waals surface area contributed by atoms with E-state index in [-0.39, 0.29) is 12.0 Å². The van der Waals surface area contributed by atoms with E-state index in [0.29, 0.717) is 12.5 Å². The predicted octanol–water partition coefficient (Wildman–Crippen LogP) is 2.91. The number of carbonyl (C=O) groups excluding carboxylic acids is 1. The minimum atomic E-state index is -0.289. The third-order valence-corrected chi connectivity index (χ3v) is 3.38. The summed E-state index contributed by atoms with van der Waals surface area (Å²) in [5.74, 6) is 0.204. The van der Waals surface area contributed by atoms with Crippen molar-refractivity contribution in [3.8, 4) is 0 Å². The Bertz CT molecular complexity index is 611. The van der Waals surface area contributed by atoms with Gasteiger partial charge >= 0.3 is 5.97 Å². The van der Waals surface area contributed by atoms with Gasteiger partial charge < -0.3 is 4.74 Å². The molecule has 0 saturated heterocycles. The van der Waals surface area contributed by atoms with E-state index in [9.17, 15) is 4.79 Å². The van der Waals surface area contributed by atoms with Crippen molar-refractivity contribution >= 4 is 16.9 Å². The molecule has 0 aliphatic rings. The van der Waals surface area contributed by atoms with Crippen LogP contribution in [-0.2, 0) is 16.1 Å². The molecule has 0 amide bonds. The number of methoxy groups -OCH3 is 1. The molecule has 112 valence electrons. The molecule has 21 heavy (non-hydrogen) atoms. The molecular weight excluding hydrogens is 264 g/mol. The van der Waals surface area contributed by atoms with Crippen LogP contribution in [0.25, 0.3) is 10.9 Å². The zero-order valence-corrected chi connectivity index (χ0v) is 12.8. The number of aromatic nitrogens is 1. The second kappa shape index (κ2) is 7.18. The monoisotopic (exact) mass is 286 g/mol. The van der Waals surface area contributed by atoms with Crippen LogP contribution in [0.1, 0.15) is 26.0 Å². The van der Waals surface area contributed by atoms with Crippen LogP contribution in [0.2, 0.25) is 0 Å². The van der Waals surface area contributed by atoms with Gasteiger partial charge in [-0.2, -0.15) is 0 Å². The summed E-state index contributed by atoms with van der Waals surface area (Å²) in [5, 5.41) is 4.36. The number of hydrogen-bond donors (Lipinski definition) is 1. The van der Waals surface area contributed by atoms with Gasteiger partial charge in [-0.15, -0.1) is 0 Å². The molecule has 0 saturated carbocycles. The number of nitrogens with one attached hydrogen (secondary N) is 1.